The summed E-state index contributed by atoms with van der Waals surface area (Å²) >= 11 is 0. The fourth-order valence-electron chi connectivity index (χ4n) is 1.88. The molecular weight excluding hydrogens is 250 g/mol. The van der Waals surface area contributed by atoms with Crippen LogP contribution in [0.1, 0.15) is 57.3 Å². The van der Waals surface area contributed by atoms with E-state index in [4.69, 9.17) is 0 Å². The molecule has 1 aromatic rings. The molecule has 1 amide bonds. The van der Waals surface area contributed by atoms with Crippen LogP contribution < -0.4 is 10.6 Å². The number of pyridine rings is 1. The third-order valence-corrected chi connectivity index (χ3v) is 3.13. The van der Waals surface area contributed by atoms with E-state index in [2.05, 4.69) is 43.3 Å². The lowest BCUT2D eigenvalue weighted by atomic mass is 10.0. The Morgan fingerprint density at radius 2 is 2.05 bits per heavy atom. The molecule has 112 valence electrons. The van der Waals surface area contributed by atoms with Crippen molar-refractivity contribution in [2.24, 2.45) is 5.92 Å². The fraction of sp³-hybridized carbons (Fsp3) is 0.625. The van der Waals surface area contributed by atoms with Crippen molar-refractivity contribution in [1.29, 1.82) is 0 Å². The summed E-state index contributed by atoms with van der Waals surface area (Å²) in [5.41, 5.74) is 0.662. The highest BCUT2D eigenvalue weighted by molar-refractivity contribution is 5.94. The molecule has 1 atom stereocenters. The van der Waals surface area contributed by atoms with Gasteiger partial charge in [-0.25, -0.2) is 4.98 Å². The van der Waals surface area contributed by atoms with Crippen molar-refractivity contribution >= 4 is 11.7 Å². The molecule has 0 aromatic carbocycles. The van der Waals surface area contributed by atoms with Gasteiger partial charge in [0.15, 0.2) is 0 Å². The van der Waals surface area contributed by atoms with E-state index in [9.17, 15) is 4.79 Å². The zero-order valence-electron chi connectivity index (χ0n) is 13.1. The summed E-state index contributed by atoms with van der Waals surface area (Å²) < 4.78 is 0. The van der Waals surface area contributed by atoms with Gasteiger partial charge in [-0.15, -0.1) is 0 Å². The van der Waals surface area contributed by atoms with E-state index in [0.717, 1.165) is 31.6 Å². The fourth-order valence-corrected chi connectivity index (χ4v) is 1.88. The minimum absolute atomic E-state index is 0.0248. The first-order valence-electron chi connectivity index (χ1n) is 7.53. The average molecular weight is 277 g/mol. The number of hydrogen-bond donors (Lipinski definition) is 2. The number of carbonyl (C=O) groups excluding carboxylic acids is 1. The van der Waals surface area contributed by atoms with Crippen LogP contribution in [0.15, 0.2) is 18.3 Å². The predicted octanol–water partition coefficient (Wildman–Crippen LogP) is 3.46. The molecule has 0 saturated heterocycles. The summed E-state index contributed by atoms with van der Waals surface area (Å²) in [6.07, 6.45) is 4.84. The maximum absolute atomic E-state index is 12.2. The van der Waals surface area contributed by atoms with Gasteiger partial charge in [0.2, 0.25) is 0 Å². The normalized spacial score (nSPS) is 12.2. The summed E-state index contributed by atoms with van der Waals surface area (Å²) in [6, 6.07) is 3.76. The molecular formula is C16H27N3O. The highest BCUT2D eigenvalue weighted by Gasteiger charge is 2.11. The van der Waals surface area contributed by atoms with Crippen LogP contribution in [0.5, 0.6) is 0 Å². The summed E-state index contributed by atoms with van der Waals surface area (Å²) in [7, 11) is 0. The van der Waals surface area contributed by atoms with Crippen LogP contribution in [-0.4, -0.2) is 23.5 Å². The standard InChI is InChI=1S/C16H27N3O/c1-5-9-17-15-11-14(8-10-18-15)16(20)19-13(4)7-6-12(2)3/h8,10-13H,5-7,9H2,1-4H3,(H,17,18)(H,19,20). The van der Waals surface area contributed by atoms with Crippen LogP contribution in [0.4, 0.5) is 5.82 Å². The molecule has 1 unspecified atom stereocenters. The van der Waals surface area contributed by atoms with Crippen molar-refractivity contribution in [3.63, 3.8) is 0 Å². The summed E-state index contributed by atoms with van der Waals surface area (Å²) in [5.74, 6) is 1.40. The molecule has 0 aliphatic rings. The van der Waals surface area contributed by atoms with Gasteiger partial charge in [-0.1, -0.05) is 20.8 Å². The highest BCUT2D eigenvalue weighted by Crippen LogP contribution is 2.09. The number of hydrogen-bond acceptors (Lipinski definition) is 3. The maximum Gasteiger partial charge on any atom is 0.251 e. The van der Waals surface area contributed by atoms with E-state index in [-0.39, 0.29) is 11.9 Å². The summed E-state index contributed by atoms with van der Waals surface area (Å²) in [6.45, 7) is 9.41. The quantitative estimate of drug-likeness (QED) is 0.765. The Morgan fingerprint density at radius 3 is 2.70 bits per heavy atom. The number of nitrogens with one attached hydrogen (secondary N) is 2. The van der Waals surface area contributed by atoms with E-state index in [1.165, 1.54) is 0 Å². The Balaban J connectivity index is 2.54. The van der Waals surface area contributed by atoms with Crippen LogP contribution in [0.3, 0.4) is 0 Å². The smallest absolute Gasteiger partial charge is 0.251 e. The number of rotatable bonds is 8. The third kappa shape index (κ3) is 6.04. The van der Waals surface area contributed by atoms with Gasteiger partial charge in [-0.3, -0.25) is 4.79 Å². The third-order valence-electron chi connectivity index (χ3n) is 3.13. The topological polar surface area (TPSA) is 54.0 Å². The lowest BCUT2D eigenvalue weighted by Crippen LogP contribution is -2.32. The van der Waals surface area contributed by atoms with Gasteiger partial charge in [0.25, 0.3) is 5.91 Å². The zero-order valence-corrected chi connectivity index (χ0v) is 13.1. The molecule has 1 rings (SSSR count). The van der Waals surface area contributed by atoms with Crippen LogP contribution in [0, 0.1) is 5.92 Å². The average Bonchev–Trinajstić information content (AvgIpc) is 2.43. The van der Waals surface area contributed by atoms with Gasteiger partial charge >= 0.3 is 0 Å². The number of nitrogens with zero attached hydrogens (tertiary/aromatic N) is 1. The van der Waals surface area contributed by atoms with Crippen LogP contribution in [-0.2, 0) is 0 Å². The van der Waals surface area contributed by atoms with E-state index in [0.29, 0.717) is 11.5 Å². The first-order valence-corrected chi connectivity index (χ1v) is 7.53. The molecule has 0 aliphatic carbocycles. The van der Waals surface area contributed by atoms with Crippen molar-refractivity contribution < 1.29 is 4.79 Å². The predicted molar refractivity (Wildman–Crippen MR) is 84.0 cm³/mol. The minimum Gasteiger partial charge on any atom is -0.370 e. The van der Waals surface area contributed by atoms with Crippen LogP contribution in [0.2, 0.25) is 0 Å². The molecule has 0 spiro atoms. The van der Waals surface area contributed by atoms with E-state index < -0.39 is 0 Å². The molecule has 1 aromatic heterocycles. The monoisotopic (exact) mass is 277 g/mol. The molecule has 0 aliphatic heterocycles. The van der Waals surface area contributed by atoms with Gasteiger partial charge in [-0.05, 0) is 44.2 Å². The van der Waals surface area contributed by atoms with Crippen molar-refractivity contribution in [2.75, 3.05) is 11.9 Å². The Bertz CT molecular complexity index is 418. The van der Waals surface area contributed by atoms with Crippen LogP contribution >= 0.6 is 0 Å². The molecule has 0 radical (unpaired) electrons. The molecule has 2 N–H and O–H groups in total. The number of amides is 1. The summed E-state index contributed by atoms with van der Waals surface area (Å²) in [5, 5.41) is 6.23. The maximum atomic E-state index is 12.2. The Hall–Kier alpha value is -1.58. The number of aromatic nitrogens is 1. The molecule has 0 fully saturated rings. The SMILES string of the molecule is CCCNc1cc(C(=O)NC(C)CCC(C)C)ccn1. The lowest BCUT2D eigenvalue weighted by Gasteiger charge is -2.15. The minimum atomic E-state index is -0.0248. The van der Waals surface area contributed by atoms with Gasteiger partial charge in [-0.2, -0.15) is 0 Å². The van der Waals surface area contributed by atoms with E-state index in [1.54, 1.807) is 18.3 Å². The Kier molecular flexibility index (Phi) is 7.05. The second-order valence-electron chi connectivity index (χ2n) is 5.70. The van der Waals surface area contributed by atoms with E-state index in [1.807, 2.05) is 0 Å². The molecule has 20 heavy (non-hydrogen) atoms. The molecule has 4 heteroatoms. The Morgan fingerprint density at radius 1 is 1.30 bits per heavy atom. The van der Waals surface area contributed by atoms with E-state index >= 15 is 0 Å². The van der Waals surface area contributed by atoms with Crippen molar-refractivity contribution in [3.8, 4) is 0 Å². The first kappa shape index (κ1) is 16.5. The van der Waals surface area contributed by atoms with Gasteiger partial charge < -0.3 is 10.6 Å². The van der Waals surface area contributed by atoms with Gasteiger partial charge in [0.1, 0.15) is 5.82 Å². The number of anilines is 1. The van der Waals surface area contributed by atoms with Crippen molar-refractivity contribution in [3.05, 3.63) is 23.9 Å². The van der Waals surface area contributed by atoms with Crippen LogP contribution in [0.25, 0.3) is 0 Å². The lowest BCUT2D eigenvalue weighted by molar-refractivity contribution is 0.0937. The largest absolute Gasteiger partial charge is 0.370 e. The molecule has 0 bridgehead atoms. The van der Waals surface area contributed by atoms with Gasteiger partial charge in [0.05, 0.1) is 0 Å². The molecule has 4 nitrogen and oxygen atoms in total. The van der Waals surface area contributed by atoms with Crippen molar-refractivity contribution in [2.45, 2.75) is 53.0 Å². The second-order valence-corrected chi connectivity index (χ2v) is 5.70. The molecule has 1 heterocycles. The summed E-state index contributed by atoms with van der Waals surface area (Å²) in [4.78, 5) is 16.4. The highest BCUT2D eigenvalue weighted by atomic mass is 16.1. The Labute approximate surface area is 122 Å². The second kappa shape index (κ2) is 8.56. The number of carbonyl (C=O) groups is 1. The van der Waals surface area contributed by atoms with Crippen molar-refractivity contribution in [1.82, 2.24) is 10.3 Å². The van der Waals surface area contributed by atoms with Gasteiger partial charge in [0, 0.05) is 24.3 Å². The first-order chi connectivity index (χ1) is 9.52. The molecule has 0 saturated carbocycles. The zero-order chi connectivity index (χ0) is 15.0.